The van der Waals surface area contributed by atoms with Crippen molar-refractivity contribution in [2.45, 2.75) is 42.1 Å². The molecule has 15 heavy (non-hydrogen) atoms. The molecule has 2 aliphatic rings. The van der Waals surface area contributed by atoms with Gasteiger partial charge < -0.3 is 9.47 Å². The molecule has 4 heteroatoms. The number of hydrogen-bond donors (Lipinski definition) is 0. The average molecular weight is 324 g/mol. The third-order valence-corrected chi connectivity index (χ3v) is 4.53. The Hall–Kier alpha value is 0.160. The standard InChI is InChI=1S/C11H17IO3/c1-2-14-10(13)9-8(12)7-15-11(9)5-3-4-6-11/h8-9H,2-7H2,1H3. The number of alkyl halides is 1. The molecule has 0 N–H and O–H groups in total. The first-order valence-corrected chi connectivity index (χ1v) is 6.89. The van der Waals surface area contributed by atoms with Gasteiger partial charge in [-0.2, -0.15) is 0 Å². The predicted molar refractivity (Wildman–Crippen MR) is 65.1 cm³/mol. The van der Waals surface area contributed by atoms with Crippen LogP contribution in [0.4, 0.5) is 0 Å². The van der Waals surface area contributed by atoms with Crippen molar-refractivity contribution >= 4 is 28.6 Å². The van der Waals surface area contributed by atoms with E-state index in [0.29, 0.717) is 13.2 Å². The van der Waals surface area contributed by atoms with Crippen LogP contribution in [0.1, 0.15) is 32.6 Å². The molecule has 0 aromatic heterocycles. The van der Waals surface area contributed by atoms with Gasteiger partial charge in [0.25, 0.3) is 0 Å². The second-order valence-electron chi connectivity index (χ2n) is 4.33. The van der Waals surface area contributed by atoms with Crippen molar-refractivity contribution in [3.63, 3.8) is 0 Å². The highest BCUT2D eigenvalue weighted by atomic mass is 127. The summed E-state index contributed by atoms with van der Waals surface area (Å²) < 4.78 is 11.3. The largest absolute Gasteiger partial charge is 0.466 e. The van der Waals surface area contributed by atoms with Crippen molar-refractivity contribution in [2.24, 2.45) is 5.92 Å². The molecule has 1 saturated heterocycles. The highest BCUT2D eigenvalue weighted by Crippen LogP contribution is 2.47. The lowest BCUT2D eigenvalue weighted by Gasteiger charge is -2.29. The summed E-state index contributed by atoms with van der Waals surface area (Å²) in [6, 6.07) is 0. The van der Waals surface area contributed by atoms with E-state index < -0.39 is 0 Å². The molecule has 2 fully saturated rings. The van der Waals surface area contributed by atoms with Gasteiger partial charge >= 0.3 is 5.97 Å². The van der Waals surface area contributed by atoms with Gasteiger partial charge in [0.2, 0.25) is 0 Å². The molecule has 2 rings (SSSR count). The summed E-state index contributed by atoms with van der Waals surface area (Å²) in [7, 11) is 0. The summed E-state index contributed by atoms with van der Waals surface area (Å²) in [4.78, 5) is 11.9. The Balaban J connectivity index is 2.14. The molecule has 0 amide bonds. The highest BCUT2D eigenvalue weighted by molar-refractivity contribution is 14.1. The fraction of sp³-hybridized carbons (Fsp3) is 0.909. The molecule has 1 heterocycles. The molecule has 0 radical (unpaired) electrons. The van der Waals surface area contributed by atoms with Gasteiger partial charge in [-0.15, -0.1) is 0 Å². The first-order valence-electron chi connectivity index (χ1n) is 5.64. The van der Waals surface area contributed by atoms with Crippen molar-refractivity contribution in [3.05, 3.63) is 0 Å². The number of hydrogen-bond acceptors (Lipinski definition) is 3. The lowest BCUT2D eigenvalue weighted by molar-refractivity contribution is -0.154. The third kappa shape index (κ3) is 2.02. The van der Waals surface area contributed by atoms with E-state index in [1.54, 1.807) is 0 Å². The van der Waals surface area contributed by atoms with E-state index in [2.05, 4.69) is 22.6 Å². The number of ether oxygens (including phenoxy) is 2. The molecule has 1 spiro atoms. The van der Waals surface area contributed by atoms with Crippen LogP contribution >= 0.6 is 22.6 Å². The Morgan fingerprint density at radius 3 is 2.80 bits per heavy atom. The van der Waals surface area contributed by atoms with E-state index in [0.717, 1.165) is 12.8 Å². The monoisotopic (exact) mass is 324 g/mol. The van der Waals surface area contributed by atoms with Crippen LogP contribution in [0.25, 0.3) is 0 Å². The normalized spacial score (nSPS) is 33.5. The number of esters is 1. The van der Waals surface area contributed by atoms with Crippen LogP contribution in [0.15, 0.2) is 0 Å². The minimum atomic E-state index is -0.182. The highest BCUT2D eigenvalue weighted by Gasteiger charge is 2.54. The first-order chi connectivity index (χ1) is 7.19. The maximum Gasteiger partial charge on any atom is 0.313 e. The maximum absolute atomic E-state index is 11.9. The van der Waals surface area contributed by atoms with Crippen molar-refractivity contribution in [1.82, 2.24) is 0 Å². The van der Waals surface area contributed by atoms with Gasteiger partial charge in [0.05, 0.1) is 28.7 Å². The molecule has 0 aromatic carbocycles. The van der Waals surface area contributed by atoms with Crippen molar-refractivity contribution < 1.29 is 14.3 Å². The molecular weight excluding hydrogens is 307 g/mol. The second-order valence-corrected chi connectivity index (χ2v) is 5.93. The van der Waals surface area contributed by atoms with Crippen LogP contribution in [-0.4, -0.2) is 28.7 Å². The van der Waals surface area contributed by atoms with Gasteiger partial charge in [-0.05, 0) is 19.8 Å². The molecule has 2 unspecified atom stereocenters. The maximum atomic E-state index is 11.9. The topological polar surface area (TPSA) is 35.5 Å². The zero-order valence-electron chi connectivity index (χ0n) is 9.00. The van der Waals surface area contributed by atoms with Crippen LogP contribution in [0.3, 0.4) is 0 Å². The summed E-state index contributed by atoms with van der Waals surface area (Å²) in [6.07, 6.45) is 4.41. The molecule has 1 saturated carbocycles. The van der Waals surface area contributed by atoms with E-state index in [1.807, 2.05) is 6.92 Å². The Morgan fingerprint density at radius 1 is 1.53 bits per heavy atom. The summed E-state index contributed by atoms with van der Waals surface area (Å²) in [5, 5.41) is 0. The van der Waals surface area contributed by atoms with E-state index in [1.165, 1.54) is 12.8 Å². The van der Waals surface area contributed by atoms with Crippen LogP contribution in [0.5, 0.6) is 0 Å². The summed E-state index contributed by atoms with van der Waals surface area (Å²) in [5.74, 6) is -0.100. The van der Waals surface area contributed by atoms with Gasteiger partial charge in [-0.3, -0.25) is 4.79 Å². The Morgan fingerprint density at radius 2 is 2.20 bits per heavy atom. The molecule has 1 aliphatic heterocycles. The molecule has 86 valence electrons. The van der Waals surface area contributed by atoms with Crippen LogP contribution in [0.2, 0.25) is 0 Å². The zero-order chi connectivity index (χ0) is 10.9. The lowest BCUT2D eigenvalue weighted by Crippen LogP contribution is -2.40. The van der Waals surface area contributed by atoms with Gasteiger partial charge in [0.1, 0.15) is 0 Å². The fourth-order valence-electron chi connectivity index (χ4n) is 2.78. The van der Waals surface area contributed by atoms with Gasteiger partial charge in [-0.1, -0.05) is 35.4 Å². The Bertz CT molecular complexity index is 248. The molecular formula is C11H17IO3. The second kappa shape index (κ2) is 4.57. The lowest BCUT2D eigenvalue weighted by atomic mass is 9.86. The van der Waals surface area contributed by atoms with Crippen LogP contribution in [-0.2, 0) is 14.3 Å². The van der Waals surface area contributed by atoms with Crippen molar-refractivity contribution in [1.29, 1.82) is 0 Å². The molecule has 0 aromatic rings. The number of rotatable bonds is 2. The average Bonchev–Trinajstić information content (AvgIpc) is 2.77. The third-order valence-electron chi connectivity index (χ3n) is 3.45. The zero-order valence-corrected chi connectivity index (χ0v) is 11.2. The minimum Gasteiger partial charge on any atom is -0.466 e. The van der Waals surface area contributed by atoms with E-state index in [-0.39, 0.29) is 21.4 Å². The summed E-state index contributed by atoms with van der Waals surface area (Å²) >= 11 is 2.32. The van der Waals surface area contributed by atoms with Gasteiger partial charge in [-0.25, -0.2) is 0 Å². The van der Waals surface area contributed by atoms with Crippen molar-refractivity contribution in [2.75, 3.05) is 13.2 Å². The summed E-state index contributed by atoms with van der Waals surface area (Å²) in [5.41, 5.74) is -0.182. The number of carbonyl (C=O) groups is 1. The van der Waals surface area contributed by atoms with Crippen LogP contribution < -0.4 is 0 Å². The molecule has 1 aliphatic carbocycles. The molecule has 0 bridgehead atoms. The minimum absolute atomic E-state index is 0.0412. The molecule has 3 nitrogen and oxygen atoms in total. The number of halogens is 1. The van der Waals surface area contributed by atoms with Gasteiger partial charge in [0.15, 0.2) is 0 Å². The summed E-state index contributed by atoms with van der Waals surface area (Å²) in [6.45, 7) is 3.02. The quantitative estimate of drug-likeness (QED) is 0.444. The van der Waals surface area contributed by atoms with E-state index >= 15 is 0 Å². The van der Waals surface area contributed by atoms with E-state index in [4.69, 9.17) is 9.47 Å². The van der Waals surface area contributed by atoms with Crippen molar-refractivity contribution in [3.8, 4) is 0 Å². The van der Waals surface area contributed by atoms with E-state index in [9.17, 15) is 4.79 Å². The Labute approximate surface area is 104 Å². The Kier molecular flexibility index (Phi) is 3.55. The predicted octanol–water partition coefficient (Wildman–Crippen LogP) is 2.31. The van der Waals surface area contributed by atoms with Gasteiger partial charge in [0, 0.05) is 0 Å². The first kappa shape index (κ1) is 11.6. The van der Waals surface area contributed by atoms with Crippen LogP contribution in [0, 0.1) is 5.92 Å². The smallest absolute Gasteiger partial charge is 0.313 e. The molecule has 2 atom stereocenters. The fourth-order valence-corrected chi connectivity index (χ4v) is 3.91. The number of carbonyl (C=O) groups excluding carboxylic acids is 1. The SMILES string of the molecule is CCOC(=O)C1C(I)COC12CCCC2.